The molecule has 1 aromatic carbocycles. The van der Waals surface area contributed by atoms with Crippen molar-refractivity contribution in [2.24, 2.45) is 0 Å². The maximum atomic E-state index is 11.7. The summed E-state index contributed by atoms with van der Waals surface area (Å²) in [6.45, 7) is 2.69. The van der Waals surface area contributed by atoms with Gasteiger partial charge in [0.05, 0.1) is 0 Å². The van der Waals surface area contributed by atoms with Crippen LogP contribution in [0.5, 0.6) is 0 Å². The first kappa shape index (κ1) is 13.8. The molecule has 1 heterocycles. The lowest BCUT2D eigenvalue weighted by Gasteiger charge is -2.05. The van der Waals surface area contributed by atoms with Gasteiger partial charge in [-0.25, -0.2) is 0 Å². The van der Waals surface area contributed by atoms with Gasteiger partial charge in [-0.05, 0) is 36.8 Å². The SMILES string of the molecule is Cc1ccc(CNC(=O)CCCc2cccs2)cc1. The maximum absolute atomic E-state index is 11.7. The van der Waals surface area contributed by atoms with E-state index in [1.807, 2.05) is 0 Å². The minimum absolute atomic E-state index is 0.136. The van der Waals surface area contributed by atoms with Crippen molar-refractivity contribution < 1.29 is 4.79 Å². The molecule has 0 aliphatic rings. The van der Waals surface area contributed by atoms with Crippen LogP contribution in [-0.4, -0.2) is 5.91 Å². The number of amides is 1. The topological polar surface area (TPSA) is 29.1 Å². The summed E-state index contributed by atoms with van der Waals surface area (Å²) < 4.78 is 0. The number of carbonyl (C=O) groups excluding carboxylic acids is 1. The highest BCUT2D eigenvalue weighted by molar-refractivity contribution is 7.09. The predicted octanol–water partition coefficient (Wildman–Crippen LogP) is 3.70. The van der Waals surface area contributed by atoms with Crippen LogP contribution in [0.15, 0.2) is 41.8 Å². The molecule has 1 aromatic heterocycles. The first-order chi connectivity index (χ1) is 9.24. The summed E-state index contributed by atoms with van der Waals surface area (Å²) in [6, 6.07) is 12.4. The molecule has 0 atom stereocenters. The predicted molar refractivity (Wildman–Crippen MR) is 80.3 cm³/mol. The highest BCUT2D eigenvalue weighted by Crippen LogP contribution is 2.11. The molecule has 0 saturated heterocycles. The van der Waals surface area contributed by atoms with Crippen molar-refractivity contribution in [1.82, 2.24) is 5.32 Å². The molecule has 2 aromatic rings. The molecule has 0 fully saturated rings. The molecule has 19 heavy (non-hydrogen) atoms. The molecule has 3 heteroatoms. The standard InChI is InChI=1S/C16H19NOS/c1-13-7-9-14(10-8-13)12-17-16(18)6-2-4-15-5-3-11-19-15/h3,5,7-11H,2,4,6,12H2,1H3,(H,17,18). The summed E-state index contributed by atoms with van der Waals surface area (Å²) in [5, 5.41) is 5.04. The van der Waals surface area contributed by atoms with E-state index in [0.29, 0.717) is 13.0 Å². The second-order valence-corrected chi connectivity index (χ2v) is 5.73. The number of thiophene rings is 1. The first-order valence-electron chi connectivity index (χ1n) is 6.58. The van der Waals surface area contributed by atoms with Crippen LogP contribution < -0.4 is 5.32 Å². The molecule has 0 unspecified atom stereocenters. The minimum Gasteiger partial charge on any atom is -0.352 e. The Balaban J connectivity index is 1.65. The molecule has 0 saturated carbocycles. The Morgan fingerprint density at radius 3 is 2.68 bits per heavy atom. The van der Waals surface area contributed by atoms with Crippen molar-refractivity contribution >= 4 is 17.2 Å². The Kier molecular flexibility index (Phi) is 5.16. The highest BCUT2D eigenvalue weighted by Gasteiger charge is 2.02. The Hall–Kier alpha value is -1.61. The Morgan fingerprint density at radius 2 is 2.00 bits per heavy atom. The van der Waals surface area contributed by atoms with Crippen LogP contribution in [0.25, 0.3) is 0 Å². The van der Waals surface area contributed by atoms with Gasteiger partial charge in [-0.15, -0.1) is 11.3 Å². The average Bonchev–Trinajstić information content (AvgIpc) is 2.91. The number of nitrogens with one attached hydrogen (secondary N) is 1. The molecule has 0 radical (unpaired) electrons. The number of aryl methyl sites for hydroxylation is 2. The van der Waals surface area contributed by atoms with Crippen molar-refractivity contribution in [2.45, 2.75) is 32.7 Å². The molecule has 0 aliphatic carbocycles. The van der Waals surface area contributed by atoms with Crippen LogP contribution in [0.2, 0.25) is 0 Å². The first-order valence-corrected chi connectivity index (χ1v) is 7.46. The van der Waals surface area contributed by atoms with Gasteiger partial charge in [0.1, 0.15) is 0 Å². The van der Waals surface area contributed by atoms with E-state index in [1.54, 1.807) is 11.3 Å². The second kappa shape index (κ2) is 7.10. The fraction of sp³-hybridized carbons (Fsp3) is 0.312. The van der Waals surface area contributed by atoms with Crippen LogP contribution in [0.3, 0.4) is 0 Å². The zero-order chi connectivity index (χ0) is 13.5. The van der Waals surface area contributed by atoms with Gasteiger partial charge >= 0.3 is 0 Å². The van der Waals surface area contributed by atoms with Crippen molar-refractivity contribution in [3.63, 3.8) is 0 Å². The average molecular weight is 273 g/mol. The van der Waals surface area contributed by atoms with E-state index in [9.17, 15) is 4.79 Å². The van der Waals surface area contributed by atoms with Gasteiger partial charge in [0, 0.05) is 17.8 Å². The number of benzene rings is 1. The summed E-state index contributed by atoms with van der Waals surface area (Å²) in [5.41, 5.74) is 2.39. The van der Waals surface area contributed by atoms with E-state index in [2.05, 4.69) is 54.0 Å². The molecule has 2 rings (SSSR count). The van der Waals surface area contributed by atoms with Crippen LogP contribution in [0, 0.1) is 6.92 Å². The normalized spacial score (nSPS) is 10.4. The zero-order valence-corrected chi connectivity index (χ0v) is 12.0. The summed E-state index contributed by atoms with van der Waals surface area (Å²) in [4.78, 5) is 13.1. The quantitative estimate of drug-likeness (QED) is 0.854. The lowest BCUT2D eigenvalue weighted by atomic mass is 10.1. The van der Waals surface area contributed by atoms with E-state index in [-0.39, 0.29) is 5.91 Å². The molecule has 0 aliphatic heterocycles. The Bertz CT molecular complexity index is 502. The fourth-order valence-electron chi connectivity index (χ4n) is 1.87. The Morgan fingerprint density at radius 1 is 1.21 bits per heavy atom. The molecular formula is C16H19NOS. The second-order valence-electron chi connectivity index (χ2n) is 4.70. The largest absolute Gasteiger partial charge is 0.352 e. The summed E-state index contributed by atoms with van der Waals surface area (Å²) >= 11 is 1.75. The van der Waals surface area contributed by atoms with E-state index in [0.717, 1.165) is 18.4 Å². The maximum Gasteiger partial charge on any atom is 0.220 e. The van der Waals surface area contributed by atoms with E-state index in [4.69, 9.17) is 0 Å². The minimum atomic E-state index is 0.136. The summed E-state index contributed by atoms with van der Waals surface area (Å²) in [7, 11) is 0. The number of hydrogen-bond donors (Lipinski definition) is 1. The molecule has 0 bridgehead atoms. The van der Waals surface area contributed by atoms with Crippen LogP contribution in [0.4, 0.5) is 0 Å². The van der Waals surface area contributed by atoms with Gasteiger partial charge in [0.25, 0.3) is 0 Å². The Labute approximate surface area is 118 Å². The lowest BCUT2D eigenvalue weighted by Crippen LogP contribution is -2.22. The summed E-state index contributed by atoms with van der Waals surface area (Å²) in [5.74, 6) is 0.136. The third kappa shape index (κ3) is 4.87. The van der Waals surface area contributed by atoms with Crippen molar-refractivity contribution in [3.8, 4) is 0 Å². The van der Waals surface area contributed by atoms with Crippen LogP contribution in [0.1, 0.15) is 28.8 Å². The monoisotopic (exact) mass is 273 g/mol. The van der Waals surface area contributed by atoms with Gasteiger partial charge in [0.2, 0.25) is 5.91 Å². The van der Waals surface area contributed by atoms with Gasteiger partial charge < -0.3 is 5.32 Å². The lowest BCUT2D eigenvalue weighted by molar-refractivity contribution is -0.121. The van der Waals surface area contributed by atoms with Gasteiger partial charge in [0.15, 0.2) is 0 Å². The van der Waals surface area contributed by atoms with Crippen LogP contribution in [-0.2, 0) is 17.8 Å². The van der Waals surface area contributed by atoms with Crippen LogP contribution >= 0.6 is 11.3 Å². The van der Waals surface area contributed by atoms with E-state index >= 15 is 0 Å². The smallest absolute Gasteiger partial charge is 0.220 e. The van der Waals surface area contributed by atoms with E-state index in [1.165, 1.54) is 10.4 Å². The van der Waals surface area contributed by atoms with Crippen molar-refractivity contribution in [1.29, 1.82) is 0 Å². The third-order valence-electron chi connectivity index (χ3n) is 3.02. The van der Waals surface area contributed by atoms with Gasteiger partial charge in [-0.3, -0.25) is 4.79 Å². The molecule has 2 nitrogen and oxygen atoms in total. The molecule has 0 spiro atoms. The zero-order valence-electron chi connectivity index (χ0n) is 11.2. The highest BCUT2D eigenvalue weighted by atomic mass is 32.1. The fourth-order valence-corrected chi connectivity index (χ4v) is 2.62. The van der Waals surface area contributed by atoms with Crippen molar-refractivity contribution in [3.05, 3.63) is 57.8 Å². The van der Waals surface area contributed by atoms with E-state index < -0.39 is 0 Å². The molecule has 100 valence electrons. The molecule has 1 amide bonds. The number of hydrogen-bond acceptors (Lipinski definition) is 2. The molecular weight excluding hydrogens is 254 g/mol. The third-order valence-corrected chi connectivity index (χ3v) is 3.95. The molecule has 1 N–H and O–H groups in total. The van der Waals surface area contributed by atoms with Gasteiger partial charge in [-0.2, -0.15) is 0 Å². The summed E-state index contributed by atoms with van der Waals surface area (Å²) in [6.07, 6.45) is 2.51. The van der Waals surface area contributed by atoms with Gasteiger partial charge in [-0.1, -0.05) is 35.9 Å². The number of carbonyl (C=O) groups is 1. The number of rotatable bonds is 6. The van der Waals surface area contributed by atoms with Crippen molar-refractivity contribution in [2.75, 3.05) is 0 Å².